The molecule has 3 rings (SSSR count). The summed E-state index contributed by atoms with van der Waals surface area (Å²) in [5.41, 5.74) is 7.49. The van der Waals surface area contributed by atoms with Crippen LogP contribution in [0.5, 0.6) is 11.5 Å². The van der Waals surface area contributed by atoms with Crippen LogP contribution in [0.2, 0.25) is 0 Å². The molecule has 0 saturated heterocycles. The minimum absolute atomic E-state index is 0.151. The molecular formula is C34H48N6O7. The number of carbonyl (C=O) groups excluding carboxylic acids is 5. The SMILES string of the molecule is COc1ccc2cc1OCC(=O)NCCC[C@H](NC(=O)[C@H](C)N)C(=O)N[C@@H](Cc1ccccc1)C(=O)N[C@H](C(C)C)C(=O)NCCC2. The average Bonchev–Trinajstić information content (AvgIpc) is 3.05. The molecule has 7 N–H and O–H groups in total. The highest BCUT2D eigenvalue weighted by Crippen LogP contribution is 2.28. The number of methoxy groups -OCH3 is 1. The van der Waals surface area contributed by atoms with Crippen molar-refractivity contribution in [3.05, 3.63) is 59.7 Å². The number of fused-ring (bicyclic) bond motifs is 2. The molecule has 47 heavy (non-hydrogen) atoms. The minimum atomic E-state index is -1.05. The standard InChI is InChI=1S/C34H48N6O7/c1-21(2)30-34(45)37-17-8-12-24-14-15-27(46-4)28(19-24)47-20-29(41)36-16-9-13-25(38-31(42)22(3)35)32(43)39-26(33(44)40-30)18-23-10-6-5-7-11-23/h5-7,10-11,14-15,19,21-22,25-26,30H,8-9,12-13,16-18,20,35H2,1-4H3,(H,36,41)(H,37,45)(H,38,42)(H,39,43)(H,40,44)/t22-,25-,26-,30+/m0/s1. The number of hydrogen-bond acceptors (Lipinski definition) is 8. The molecule has 1 heterocycles. The van der Waals surface area contributed by atoms with Crippen LogP contribution in [-0.2, 0) is 36.8 Å². The molecule has 0 fully saturated rings. The van der Waals surface area contributed by atoms with E-state index in [1.54, 1.807) is 12.1 Å². The molecule has 256 valence electrons. The third-order valence-corrected chi connectivity index (χ3v) is 7.73. The Hall–Kier alpha value is -4.65. The Morgan fingerprint density at radius 1 is 0.957 bits per heavy atom. The van der Waals surface area contributed by atoms with Gasteiger partial charge in [0.1, 0.15) is 18.1 Å². The summed E-state index contributed by atoms with van der Waals surface area (Å²) in [6, 6.07) is 10.8. The molecule has 0 spiro atoms. The molecule has 0 aliphatic carbocycles. The van der Waals surface area contributed by atoms with E-state index in [2.05, 4.69) is 26.6 Å². The Bertz CT molecular complexity index is 1370. The summed E-state index contributed by atoms with van der Waals surface area (Å²) in [4.78, 5) is 65.7. The van der Waals surface area contributed by atoms with Crippen molar-refractivity contribution in [3.8, 4) is 11.5 Å². The van der Waals surface area contributed by atoms with Gasteiger partial charge in [0.25, 0.3) is 5.91 Å². The fourth-order valence-corrected chi connectivity index (χ4v) is 5.02. The first-order chi connectivity index (χ1) is 22.5. The lowest BCUT2D eigenvalue weighted by atomic mass is 10.00. The van der Waals surface area contributed by atoms with E-state index in [4.69, 9.17) is 15.2 Å². The molecule has 0 aromatic heterocycles. The molecule has 1 aliphatic rings. The second-order valence-corrected chi connectivity index (χ2v) is 12.0. The van der Waals surface area contributed by atoms with Crippen LogP contribution in [0.1, 0.15) is 51.2 Å². The van der Waals surface area contributed by atoms with Gasteiger partial charge in [-0.3, -0.25) is 24.0 Å². The van der Waals surface area contributed by atoms with E-state index in [0.717, 1.165) is 11.1 Å². The Morgan fingerprint density at radius 3 is 2.36 bits per heavy atom. The Morgan fingerprint density at radius 2 is 1.68 bits per heavy atom. The molecular weight excluding hydrogens is 604 g/mol. The fraction of sp³-hybridized carbons (Fsp3) is 0.500. The van der Waals surface area contributed by atoms with E-state index in [9.17, 15) is 24.0 Å². The van der Waals surface area contributed by atoms with Gasteiger partial charge in [0.05, 0.1) is 13.2 Å². The highest BCUT2D eigenvalue weighted by atomic mass is 16.5. The van der Waals surface area contributed by atoms with Crippen LogP contribution in [0, 0.1) is 5.92 Å². The minimum Gasteiger partial charge on any atom is -0.493 e. The number of hydrogen-bond donors (Lipinski definition) is 6. The van der Waals surface area contributed by atoms with Gasteiger partial charge in [-0.15, -0.1) is 0 Å². The first-order valence-corrected chi connectivity index (χ1v) is 16.0. The van der Waals surface area contributed by atoms with Crippen LogP contribution in [0.3, 0.4) is 0 Å². The highest BCUT2D eigenvalue weighted by molar-refractivity contribution is 5.95. The van der Waals surface area contributed by atoms with Gasteiger partial charge in [-0.1, -0.05) is 50.2 Å². The van der Waals surface area contributed by atoms with Gasteiger partial charge >= 0.3 is 0 Å². The third-order valence-electron chi connectivity index (χ3n) is 7.73. The van der Waals surface area contributed by atoms with Crippen LogP contribution in [0.25, 0.3) is 0 Å². The molecule has 5 amide bonds. The molecule has 4 atom stereocenters. The van der Waals surface area contributed by atoms with Gasteiger partial charge in [-0.05, 0) is 61.8 Å². The number of aryl methyl sites for hydroxylation is 1. The highest BCUT2D eigenvalue weighted by Gasteiger charge is 2.31. The maximum atomic E-state index is 13.7. The predicted molar refractivity (Wildman–Crippen MR) is 176 cm³/mol. The summed E-state index contributed by atoms with van der Waals surface area (Å²) in [5.74, 6) is -1.74. The fourth-order valence-electron chi connectivity index (χ4n) is 5.02. The van der Waals surface area contributed by atoms with Crippen LogP contribution >= 0.6 is 0 Å². The van der Waals surface area contributed by atoms with Gasteiger partial charge < -0.3 is 41.8 Å². The molecule has 0 saturated carbocycles. The van der Waals surface area contributed by atoms with Crippen LogP contribution in [0.4, 0.5) is 0 Å². The lowest BCUT2D eigenvalue weighted by Gasteiger charge is -2.27. The monoisotopic (exact) mass is 652 g/mol. The summed E-state index contributed by atoms with van der Waals surface area (Å²) in [6.07, 6.45) is 1.86. The molecule has 0 unspecified atom stereocenters. The van der Waals surface area contributed by atoms with Crippen LogP contribution in [0.15, 0.2) is 48.5 Å². The normalized spacial score (nSPS) is 21.4. The van der Waals surface area contributed by atoms with Crippen molar-refractivity contribution in [1.82, 2.24) is 26.6 Å². The van der Waals surface area contributed by atoms with E-state index in [-0.39, 0.29) is 43.7 Å². The van der Waals surface area contributed by atoms with Gasteiger partial charge in [-0.2, -0.15) is 0 Å². The van der Waals surface area contributed by atoms with Crippen molar-refractivity contribution in [3.63, 3.8) is 0 Å². The Balaban J connectivity index is 1.88. The average molecular weight is 653 g/mol. The second-order valence-electron chi connectivity index (χ2n) is 12.0. The number of benzene rings is 2. The first kappa shape index (κ1) is 36.8. The molecule has 2 bridgehead atoms. The van der Waals surface area contributed by atoms with Gasteiger partial charge in [-0.25, -0.2) is 0 Å². The predicted octanol–water partition coefficient (Wildman–Crippen LogP) is 0.733. The lowest BCUT2D eigenvalue weighted by Crippen LogP contribution is -2.59. The van der Waals surface area contributed by atoms with Gasteiger partial charge in [0, 0.05) is 19.5 Å². The van der Waals surface area contributed by atoms with Crippen molar-refractivity contribution in [2.45, 2.75) is 77.0 Å². The van der Waals surface area contributed by atoms with Crippen molar-refractivity contribution in [1.29, 1.82) is 0 Å². The van der Waals surface area contributed by atoms with E-state index < -0.39 is 41.9 Å². The first-order valence-electron chi connectivity index (χ1n) is 16.0. The van der Waals surface area contributed by atoms with E-state index in [0.29, 0.717) is 37.3 Å². The zero-order chi connectivity index (χ0) is 34.3. The topological polar surface area (TPSA) is 190 Å². The summed E-state index contributed by atoms with van der Waals surface area (Å²) < 4.78 is 11.1. The summed E-state index contributed by atoms with van der Waals surface area (Å²) in [6.45, 7) is 5.46. The molecule has 13 nitrogen and oxygen atoms in total. The maximum Gasteiger partial charge on any atom is 0.257 e. The summed E-state index contributed by atoms with van der Waals surface area (Å²) >= 11 is 0. The third kappa shape index (κ3) is 11.9. The molecule has 2 aromatic carbocycles. The van der Waals surface area contributed by atoms with E-state index in [1.165, 1.54) is 14.0 Å². The van der Waals surface area contributed by atoms with Crippen molar-refractivity contribution in [2.24, 2.45) is 11.7 Å². The Kier molecular flexibility index (Phi) is 14.5. The van der Waals surface area contributed by atoms with Crippen molar-refractivity contribution < 1.29 is 33.4 Å². The number of amides is 5. The Labute approximate surface area is 276 Å². The largest absolute Gasteiger partial charge is 0.493 e. The van der Waals surface area contributed by atoms with Crippen molar-refractivity contribution in [2.75, 3.05) is 26.8 Å². The summed E-state index contributed by atoms with van der Waals surface area (Å²) in [5, 5.41) is 14.0. The van der Waals surface area contributed by atoms with E-state index >= 15 is 0 Å². The zero-order valence-electron chi connectivity index (χ0n) is 27.6. The van der Waals surface area contributed by atoms with Crippen LogP contribution in [-0.4, -0.2) is 80.5 Å². The smallest absolute Gasteiger partial charge is 0.257 e. The quantitative estimate of drug-likeness (QED) is 0.263. The number of nitrogens with two attached hydrogens (primary N) is 1. The molecule has 1 aliphatic heterocycles. The van der Waals surface area contributed by atoms with Crippen molar-refractivity contribution >= 4 is 29.5 Å². The zero-order valence-corrected chi connectivity index (χ0v) is 27.6. The second kappa shape index (κ2) is 18.5. The van der Waals surface area contributed by atoms with Gasteiger partial charge in [0.2, 0.25) is 23.6 Å². The molecule has 13 heteroatoms. The lowest BCUT2D eigenvalue weighted by molar-refractivity contribution is -0.134. The maximum absolute atomic E-state index is 13.7. The number of nitrogens with one attached hydrogen (secondary N) is 5. The molecule has 0 radical (unpaired) electrons. The van der Waals surface area contributed by atoms with Gasteiger partial charge in [0.15, 0.2) is 18.1 Å². The number of carbonyl (C=O) groups is 5. The number of ether oxygens (including phenoxy) is 2. The molecule has 2 aromatic rings. The summed E-state index contributed by atoms with van der Waals surface area (Å²) in [7, 11) is 1.51. The van der Waals surface area contributed by atoms with Crippen LogP contribution < -0.4 is 41.8 Å². The number of rotatable bonds is 6. The van der Waals surface area contributed by atoms with E-state index in [1.807, 2.05) is 50.2 Å².